The van der Waals surface area contributed by atoms with Gasteiger partial charge in [0.25, 0.3) is 0 Å². The SMILES string of the molecule is c1ccc(-c2nc(-c3ccccc3)nc(-c3cccc4oc5ccc(-c6ccc7cccc(-c8ccccc8)c7c6)cc5c34)n2)cc1. The monoisotopic (exact) mass is 601 g/mol. The van der Waals surface area contributed by atoms with E-state index in [9.17, 15) is 0 Å². The van der Waals surface area contributed by atoms with E-state index in [4.69, 9.17) is 19.4 Å². The fourth-order valence-corrected chi connectivity index (χ4v) is 6.44. The van der Waals surface area contributed by atoms with Crippen molar-refractivity contribution < 1.29 is 4.42 Å². The van der Waals surface area contributed by atoms with Gasteiger partial charge in [-0.15, -0.1) is 0 Å². The third-order valence-corrected chi connectivity index (χ3v) is 8.74. The van der Waals surface area contributed by atoms with E-state index in [2.05, 4.69) is 91.0 Å². The molecule has 9 aromatic rings. The number of furan rings is 1. The van der Waals surface area contributed by atoms with Gasteiger partial charge >= 0.3 is 0 Å². The molecule has 0 bridgehead atoms. The lowest BCUT2D eigenvalue weighted by molar-refractivity contribution is 0.669. The summed E-state index contributed by atoms with van der Waals surface area (Å²) in [6, 6.07) is 56.4. The van der Waals surface area contributed by atoms with Gasteiger partial charge in [0, 0.05) is 27.5 Å². The van der Waals surface area contributed by atoms with Gasteiger partial charge in [0.1, 0.15) is 11.2 Å². The second kappa shape index (κ2) is 11.2. The molecule has 0 amide bonds. The van der Waals surface area contributed by atoms with Crippen molar-refractivity contribution in [3.63, 3.8) is 0 Å². The smallest absolute Gasteiger partial charge is 0.164 e. The van der Waals surface area contributed by atoms with Crippen LogP contribution in [0.25, 0.3) is 89.1 Å². The number of benzene rings is 7. The lowest BCUT2D eigenvalue weighted by atomic mass is 9.94. The summed E-state index contributed by atoms with van der Waals surface area (Å²) in [4.78, 5) is 14.9. The maximum Gasteiger partial charge on any atom is 0.164 e. The molecule has 2 aromatic heterocycles. The Morgan fingerprint density at radius 3 is 1.57 bits per heavy atom. The van der Waals surface area contributed by atoms with Crippen LogP contribution in [0.15, 0.2) is 168 Å². The highest BCUT2D eigenvalue weighted by atomic mass is 16.3. The first-order valence-electron chi connectivity index (χ1n) is 15.7. The van der Waals surface area contributed by atoms with Crippen LogP contribution in [0.4, 0.5) is 0 Å². The Hall–Kier alpha value is -6.39. The van der Waals surface area contributed by atoms with Gasteiger partial charge in [0.15, 0.2) is 17.5 Å². The first-order valence-corrected chi connectivity index (χ1v) is 15.7. The van der Waals surface area contributed by atoms with Crippen LogP contribution in [-0.4, -0.2) is 15.0 Å². The standard InChI is InChI=1S/C43H27N3O/c1-4-12-28(13-5-1)34-19-10-18-29-22-23-32(26-36(29)34)33-24-25-38-37(27-33)40-35(20-11-21-39(40)47-38)43-45-41(30-14-6-2-7-15-30)44-42(46-43)31-16-8-3-9-17-31/h1-27H. The van der Waals surface area contributed by atoms with Crippen LogP contribution in [0, 0.1) is 0 Å². The van der Waals surface area contributed by atoms with E-state index in [1.54, 1.807) is 0 Å². The summed E-state index contributed by atoms with van der Waals surface area (Å²) in [7, 11) is 0. The molecule has 7 aromatic carbocycles. The van der Waals surface area contributed by atoms with Crippen molar-refractivity contribution in [2.24, 2.45) is 0 Å². The maximum absolute atomic E-state index is 6.41. The molecule has 2 heterocycles. The van der Waals surface area contributed by atoms with E-state index >= 15 is 0 Å². The molecule has 0 fully saturated rings. The molecule has 4 heteroatoms. The summed E-state index contributed by atoms with van der Waals surface area (Å²) in [6.45, 7) is 0. The molecule has 0 spiro atoms. The van der Waals surface area contributed by atoms with E-state index in [0.717, 1.165) is 49.8 Å². The minimum atomic E-state index is 0.606. The van der Waals surface area contributed by atoms with Gasteiger partial charge in [0.05, 0.1) is 0 Å². The Morgan fingerprint density at radius 1 is 0.340 bits per heavy atom. The van der Waals surface area contributed by atoms with Crippen LogP contribution in [0.3, 0.4) is 0 Å². The number of fused-ring (bicyclic) bond motifs is 4. The largest absolute Gasteiger partial charge is 0.456 e. The molecule has 0 saturated carbocycles. The van der Waals surface area contributed by atoms with Gasteiger partial charge in [-0.1, -0.05) is 140 Å². The van der Waals surface area contributed by atoms with E-state index in [1.807, 2.05) is 72.8 Å². The molecular formula is C43H27N3O. The summed E-state index contributed by atoms with van der Waals surface area (Å²) in [5, 5.41) is 4.44. The van der Waals surface area contributed by atoms with Gasteiger partial charge in [-0.3, -0.25) is 0 Å². The zero-order chi connectivity index (χ0) is 31.2. The van der Waals surface area contributed by atoms with Gasteiger partial charge in [-0.2, -0.15) is 0 Å². The fraction of sp³-hybridized carbons (Fsp3) is 0. The third-order valence-electron chi connectivity index (χ3n) is 8.74. The Labute approximate surface area is 271 Å². The summed E-state index contributed by atoms with van der Waals surface area (Å²) in [5.74, 6) is 1.87. The van der Waals surface area contributed by atoms with Gasteiger partial charge < -0.3 is 4.42 Å². The molecule has 0 aliphatic heterocycles. The minimum absolute atomic E-state index is 0.606. The van der Waals surface area contributed by atoms with Gasteiger partial charge in [-0.05, 0) is 57.3 Å². The van der Waals surface area contributed by atoms with Gasteiger partial charge in [-0.25, -0.2) is 15.0 Å². The maximum atomic E-state index is 6.41. The summed E-state index contributed by atoms with van der Waals surface area (Å²) in [6.07, 6.45) is 0. The number of hydrogen-bond donors (Lipinski definition) is 0. The Balaban J connectivity index is 1.23. The average Bonchev–Trinajstić information content (AvgIpc) is 3.53. The van der Waals surface area contributed by atoms with Crippen LogP contribution >= 0.6 is 0 Å². The van der Waals surface area contributed by atoms with E-state index in [-0.39, 0.29) is 0 Å². The number of aromatic nitrogens is 3. The summed E-state index contributed by atoms with van der Waals surface area (Å²) >= 11 is 0. The van der Waals surface area contributed by atoms with Crippen LogP contribution in [0.5, 0.6) is 0 Å². The van der Waals surface area contributed by atoms with Crippen LogP contribution in [0.2, 0.25) is 0 Å². The molecule has 0 aliphatic carbocycles. The molecular weight excluding hydrogens is 574 g/mol. The van der Waals surface area contributed by atoms with E-state index in [1.165, 1.54) is 21.9 Å². The molecule has 0 N–H and O–H groups in total. The average molecular weight is 602 g/mol. The molecule has 4 nitrogen and oxygen atoms in total. The third kappa shape index (κ3) is 4.84. The van der Waals surface area contributed by atoms with Crippen molar-refractivity contribution in [2.45, 2.75) is 0 Å². The van der Waals surface area contributed by atoms with Crippen molar-refractivity contribution in [2.75, 3.05) is 0 Å². The number of nitrogens with zero attached hydrogens (tertiary/aromatic N) is 3. The Kier molecular flexibility index (Phi) is 6.43. The first kappa shape index (κ1) is 27.0. The predicted octanol–water partition coefficient (Wildman–Crippen LogP) is 11.3. The highest BCUT2D eigenvalue weighted by Crippen LogP contribution is 2.39. The fourth-order valence-electron chi connectivity index (χ4n) is 6.44. The van der Waals surface area contributed by atoms with Crippen molar-refractivity contribution in [1.29, 1.82) is 0 Å². The van der Waals surface area contributed by atoms with Crippen LogP contribution < -0.4 is 0 Å². The predicted molar refractivity (Wildman–Crippen MR) is 192 cm³/mol. The van der Waals surface area contributed by atoms with E-state index in [0.29, 0.717) is 17.5 Å². The molecule has 0 radical (unpaired) electrons. The van der Waals surface area contributed by atoms with Crippen molar-refractivity contribution in [3.05, 3.63) is 164 Å². The van der Waals surface area contributed by atoms with Crippen LogP contribution in [0.1, 0.15) is 0 Å². The van der Waals surface area contributed by atoms with Gasteiger partial charge in [0.2, 0.25) is 0 Å². The van der Waals surface area contributed by atoms with Crippen molar-refractivity contribution in [1.82, 2.24) is 15.0 Å². The molecule has 220 valence electrons. The van der Waals surface area contributed by atoms with Crippen molar-refractivity contribution in [3.8, 4) is 56.4 Å². The lowest BCUT2D eigenvalue weighted by Crippen LogP contribution is -2.00. The quantitative estimate of drug-likeness (QED) is 0.197. The number of hydrogen-bond acceptors (Lipinski definition) is 4. The molecule has 0 atom stereocenters. The highest BCUT2D eigenvalue weighted by molar-refractivity contribution is 6.13. The highest BCUT2D eigenvalue weighted by Gasteiger charge is 2.18. The Morgan fingerprint density at radius 2 is 0.894 bits per heavy atom. The zero-order valence-electron chi connectivity index (χ0n) is 25.3. The topological polar surface area (TPSA) is 51.8 Å². The normalized spacial score (nSPS) is 11.4. The minimum Gasteiger partial charge on any atom is -0.456 e. The van der Waals surface area contributed by atoms with E-state index < -0.39 is 0 Å². The zero-order valence-corrected chi connectivity index (χ0v) is 25.3. The summed E-state index contributed by atoms with van der Waals surface area (Å²) in [5.41, 5.74) is 9.08. The second-order valence-electron chi connectivity index (χ2n) is 11.6. The second-order valence-corrected chi connectivity index (χ2v) is 11.6. The molecule has 0 saturated heterocycles. The Bertz CT molecular complexity index is 2500. The number of rotatable bonds is 5. The lowest BCUT2D eigenvalue weighted by Gasteiger charge is -2.10. The first-order chi connectivity index (χ1) is 23.3. The summed E-state index contributed by atoms with van der Waals surface area (Å²) < 4.78 is 6.41. The molecule has 0 unspecified atom stereocenters. The molecule has 0 aliphatic rings. The van der Waals surface area contributed by atoms with Crippen molar-refractivity contribution >= 4 is 32.7 Å². The molecule has 47 heavy (non-hydrogen) atoms. The van der Waals surface area contributed by atoms with Crippen LogP contribution in [-0.2, 0) is 0 Å². The molecule has 9 rings (SSSR count).